The van der Waals surface area contributed by atoms with E-state index in [1.54, 1.807) is 35.5 Å². The number of aromatic nitrogens is 1. The van der Waals surface area contributed by atoms with Crippen LogP contribution in [0, 0.1) is 0 Å². The summed E-state index contributed by atoms with van der Waals surface area (Å²) in [5.41, 5.74) is 5.95. The van der Waals surface area contributed by atoms with Crippen LogP contribution in [0.1, 0.15) is 26.2 Å². The standard InChI is InChI=1S/C19H26N4O3S.ClH/c1-2-5-17(20)19(24)22-10-4-11-23(13-12-22)27(25,26)18-7-3-6-15-14-21-9-8-16(15)18;/h3,6-9,14,17H,2,4-5,10-13,20H2,1H3;1H. The van der Waals surface area contributed by atoms with Crippen LogP contribution < -0.4 is 5.73 Å². The monoisotopic (exact) mass is 426 g/mol. The molecule has 3 rings (SSSR count). The summed E-state index contributed by atoms with van der Waals surface area (Å²) >= 11 is 0. The molecule has 0 bridgehead atoms. The molecule has 9 heteroatoms. The molecular formula is C19H27ClN4O3S. The Bertz CT molecular complexity index is 917. The van der Waals surface area contributed by atoms with Crippen LogP contribution in [0.3, 0.4) is 0 Å². The maximum atomic E-state index is 13.2. The van der Waals surface area contributed by atoms with Crippen molar-refractivity contribution in [2.75, 3.05) is 26.2 Å². The molecule has 1 aromatic carbocycles. The first kappa shape index (κ1) is 22.5. The topological polar surface area (TPSA) is 96.6 Å². The van der Waals surface area contributed by atoms with Gasteiger partial charge in [-0.05, 0) is 25.0 Å². The second-order valence-corrected chi connectivity index (χ2v) is 8.74. The van der Waals surface area contributed by atoms with Crippen molar-refractivity contribution in [2.24, 2.45) is 5.73 Å². The molecule has 1 amide bonds. The minimum Gasteiger partial charge on any atom is -0.340 e. The fraction of sp³-hybridized carbons (Fsp3) is 0.474. The predicted octanol–water partition coefficient (Wildman–Crippen LogP) is 2.01. The lowest BCUT2D eigenvalue weighted by atomic mass is 10.1. The van der Waals surface area contributed by atoms with E-state index in [0.29, 0.717) is 37.9 Å². The van der Waals surface area contributed by atoms with Gasteiger partial charge in [-0.25, -0.2) is 8.42 Å². The summed E-state index contributed by atoms with van der Waals surface area (Å²) in [5, 5.41) is 1.45. The van der Waals surface area contributed by atoms with E-state index in [1.165, 1.54) is 4.31 Å². The number of nitrogens with zero attached hydrogens (tertiary/aromatic N) is 3. The number of fused-ring (bicyclic) bond motifs is 1. The Morgan fingerprint density at radius 1 is 1.21 bits per heavy atom. The minimum absolute atomic E-state index is 0. The van der Waals surface area contributed by atoms with Gasteiger partial charge in [0.15, 0.2) is 0 Å². The lowest BCUT2D eigenvalue weighted by Gasteiger charge is -2.24. The highest BCUT2D eigenvalue weighted by atomic mass is 35.5. The van der Waals surface area contributed by atoms with Crippen LogP contribution in [0.4, 0.5) is 0 Å². The SMILES string of the molecule is CCCC(N)C(=O)N1CCCN(S(=O)(=O)c2cccc3cnccc23)CC1.Cl. The van der Waals surface area contributed by atoms with Crippen LogP contribution in [-0.2, 0) is 14.8 Å². The van der Waals surface area contributed by atoms with Crippen LogP contribution in [-0.4, -0.2) is 60.7 Å². The first-order chi connectivity index (χ1) is 12.9. The summed E-state index contributed by atoms with van der Waals surface area (Å²) in [5.74, 6) is -0.0904. The second kappa shape index (κ2) is 9.65. The van der Waals surface area contributed by atoms with Gasteiger partial charge < -0.3 is 10.6 Å². The molecule has 1 aliphatic rings. The van der Waals surface area contributed by atoms with Crippen molar-refractivity contribution in [2.45, 2.75) is 37.1 Å². The zero-order chi connectivity index (χ0) is 19.4. The highest BCUT2D eigenvalue weighted by Gasteiger charge is 2.30. The van der Waals surface area contributed by atoms with Crippen molar-refractivity contribution >= 4 is 39.1 Å². The first-order valence-corrected chi connectivity index (χ1v) is 10.8. The van der Waals surface area contributed by atoms with E-state index in [9.17, 15) is 13.2 Å². The molecule has 2 aromatic rings. The summed E-state index contributed by atoms with van der Waals surface area (Å²) in [6.45, 7) is 3.54. The average Bonchev–Trinajstić information content (AvgIpc) is 2.94. The molecule has 154 valence electrons. The molecular weight excluding hydrogens is 400 g/mol. The normalized spacial score (nSPS) is 17.0. The first-order valence-electron chi connectivity index (χ1n) is 9.32. The molecule has 2 heterocycles. The van der Waals surface area contributed by atoms with E-state index >= 15 is 0 Å². The smallest absolute Gasteiger partial charge is 0.243 e. The van der Waals surface area contributed by atoms with E-state index in [0.717, 1.165) is 11.8 Å². The Balaban J connectivity index is 0.00000280. The van der Waals surface area contributed by atoms with Gasteiger partial charge in [-0.15, -0.1) is 12.4 Å². The van der Waals surface area contributed by atoms with E-state index in [2.05, 4.69) is 4.98 Å². The molecule has 0 aliphatic carbocycles. The van der Waals surface area contributed by atoms with Gasteiger partial charge in [-0.1, -0.05) is 25.5 Å². The molecule has 0 radical (unpaired) electrons. The van der Waals surface area contributed by atoms with Crippen molar-refractivity contribution in [3.63, 3.8) is 0 Å². The molecule has 0 saturated carbocycles. The third-order valence-electron chi connectivity index (χ3n) is 4.94. The number of sulfonamides is 1. The zero-order valence-electron chi connectivity index (χ0n) is 16.0. The fourth-order valence-electron chi connectivity index (χ4n) is 3.48. The largest absolute Gasteiger partial charge is 0.340 e. The van der Waals surface area contributed by atoms with E-state index in [-0.39, 0.29) is 29.8 Å². The Morgan fingerprint density at radius 2 is 2.00 bits per heavy atom. The van der Waals surface area contributed by atoms with Gasteiger partial charge in [0.05, 0.1) is 10.9 Å². The summed E-state index contributed by atoms with van der Waals surface area (Å²) in [6, 6.07) is 6.42. The molecule has 0 spiro atoms. The van der Waals surface area contributed by atoms with E-state index in [1.807, 2.05) is 13.0 Å². The van der Waals surface area contributed by atoms with Crippen molar-refractivity contribution in [3.05, 3.63) is 36.7 Å². The number of carbonyl (C=O) groups excluding carboxylic acids is 1. The van der Waals surface area contributed by atoms with Crippen molar-refractivity contribution < 1.29 is 13.2 Å². The molecule has 1 atom stereocenters. The van der Waals surface area contributed by atoms with Crippen LogP contribution in [0.15, 0.2) is 41.6 Å². The third-order valence-corrected chi connectivity index (χ3v) is 6.90. The Hall–Kier alpha value is -1.74. The molecule has 2 N–H and O–H groups in total. The molecule has 1 aromatic heterocycles. The molecule has 28 heavy (non-hydrogen) atoms. The second-order valence-electron chi connectivity index (χ2n) is 6.83. The number of carbonyl (C=O) groups is 1. The number of pyridine rings is 1. The number of hydrogen-bond donors (Lipinski definition) is 1. The predicted molar refractivity (Wildman–Crippen MR) is 112 cm³/mol. The number of halogens is 1. The Morgan fingerprint density at radius 3 is 2.75 bits per heavy atom. The molecule has 1 fully saturated rings. The zero-order valence-corrected chi connectivity index (χ0v) is 17.6. The van der Waals surface area contributed by atoms with Crippen molar-refractivity contribution in [1.82, 2.24) is 14.2 Å². The van der Waals surface area contributed by atoms with Gasteiger partial charge in [0, 0.05) is 49.3 Å². The maximum Gasteiger partial charge on any atom is 0.243 e. The summed E-state index contributed by atoms with van der Waals surface area (Å²) in [7, 11) is -3.66. The third kappa shape index (κ3) is 4.63. The van der Waals surface area contributed by atoms with Gasteiger partial charge in [-0.2, -0.15) is 4.31 Å². The number of hydrogen-bond acceptors (Lipinski definition) is 5. The van der Waals surface area contributed by atoms with Gasteiger partial charge >= 0.3 is 0 Å². The number of benzene rings is 1. The molecule has 7 nitrogen and oxygen atoms in total. The minimum atomic E-state index is -3.66. The van der Waals surface area contributed by atoms with E-state index in [4.69, 9.17) is 5.73 Å². The maximum absolute atomic E-state index is 13.2. The quantitative estimate of drug-likeness (QED) is 0.788. The van der Waals surface area contributed by atoms with Crippen LogP contribution in [0.25, 0.3) is 10.8 Å². The van der Waals surface area contributed by atoms with Crippen LogP contribution >= 0.6 is 12.4 Å². The van der Waals surface area contributed by atoms with E-state index < -0.39 is 16.1 Å². The Kier molecular flexibility index (Phi) is 7.77. The molecule has 1 aliphatic heterocycles. The molecule has 1 saturated heterocycles. The van der Waals surface area contributed by atoms with Crippen molar-refractivity contribution in [1.29, 1.82) is 0 Å². The van der Waals surface area contributed by atoms with Crippen LogP contribution in [0.5, 0.6) is 0 Å². The molecule has 1 unspecified atom stereocenters. The lowest BCUT2D eigenvalue weighted by Crippen LogP contribution is -2.45. The lowest BCUT2D eigenvalue weighted by molar-refractivity contribution is -0.132. The Labute approximate surface area is 172 Å². The van der Waals surface area contributed by atoms with Gasteiger partial charge in [-0.3, -0.25) is 9.78 Å². The van der Waals surface area contributed by atoms with Gasteiger partial charge in [0.2, 0.25) is 15.9 Å². The van der Waals surface area contributed by atoms with Gasteiger partial charge in [0.25, 0.3) is 0 Å². The number of rotatable bonds is 5. The summed E-state index contributed by atoms with van der Waals surface area (Å²) in [6.07, 6.45) is 5.33. The summed E-state index contributed by atoms with van der Waals surface area (Å²) < 4.78 is 28.0. The van der Waals surface area contributed by atoms with Crippen LogP contribution in [0.2, 0.25) is 0 Å². The number of amides is 1. The average molecular weight is 427 g/mol. The highest BCUT2D eigenvalue weighted by molar-refractivity contribution is 7.89. The van der Waals surface area contributed by atoms with Crippen molar-refractivity contribution in [3.8, 4) is 0 Å². The fourth-order valence-corrected chi connectivity index (χ4v) is 5.16. The highest BCUT2D eigenvalue weighted by Crippen LogP contribution is 2.26. The number of nitrogens with two attached hydrogens (primary N) is 1. The van der Waals surface area contributed by atoms with Gasteiger partial charge in [0.1, 0.15) is 0 Å². The summed E-state index contributed by atoms with van der Waals surface area (Å²) in [4.78, 5) is 18.5.